The van der Waals surface area contributed by atoms with Gasteiger partial charge in [-0.3, -0.25) is 9.59 Å². The van der Waals surface area contributed by atoms with E-state index in [1.54, 1.807) is 13.2 Å². The third kappa shape index (κ3) is 4.28. The first kappa shape index (κ1) is 20.2. The Balaban J connectivity index is 1.41. The summed E-state index contributed by atoms with van der Waals surface area (Å²) >= 11 is 7.60. The van der Waals surface area contributed by atoms with Gasteiger partial charge in [-0.15, -0.1) is 11.3 Å². The van der Waals surface area contributed by atoms with E-state index in [0.717, 1.165) is 43.7 Å². The highest BCUT2D eigenvalue weighted by Gasteiger charge is 2.40. The van der Waals surface area contributed by atoms with Crippen molar-refractivity contribution in [3.05, 3.63) is 51.2 Å². The molecule has 0 radical (unpaired) electrons. The molecule has 0 unspecified atom stereocenters. The van der Waals surface area contributed by atoms with Crippen LogP contribution < -0.4 is 4.74 Å². The van der Waals surface area contributed by atoms with Gasteiger partial charge in [0.1, 0.15) is 10.6 Å². The van der Waals surface area contributed by atoms with Crippen molar-refractivity contribution in [1.82, 2.24) is 9.80 Å². The van der Waals surface area contributed by atoms with Crippen LogP contribution in [0.5, 0.6) is 5.75 Å². The number of fused-ring (bicyclic) bond motifs is 1. The highest BCUT2D eigenvalue weighted by atomic mass is 35.5. The standard InChI is InChI=1S/C22H25ClN2O3S/c1-28-17-6-2-4-15(12-17)13-20(26)24-10-7-19-16(14-24)5-3-9-25(19)22(27)21-18(23)8-11-29-21/h2,4,6,8,11-12,16,19H,3,5,7,9-10,13-14H2,1H3/t16-,19-/m1/s1. The second kappa shape index (κ2) is 8.76. The molecule has 0 N–H and O–H groups in total. The Morgan fingerprint density at radius 3 is 2.86 bits per heavy atom. The fourth-order valence-electron chi connectivity index (χ4n) is 4.53. The summed E-state index contributed by atoms with van der Waals surface area (Å²) in [5.74, 6) is 1.27. The van der Waals surface area contributed by atoms with E-state index in [2.05, 4.69) is 0 Å². The number of halogens is 1. The van der Waals surface area contributed by atoms with Crippen LogP contribution in [0, 0.1) is 5.92 Å². The zero-order valence-electron chi connectivity index (χ0n) is 16.5. The fourth-order valence-corrected chi connectivity index (χ4v) is 5.62. The quantitative estimate of drug-likeness (QED) is 0.730. The minimum atomic E-state index is 0.0378. The van der Waals surface area contributed by atoms with Gasteiger partial charge in [-0.05, 0) is 54.3 Å². The van der Waals surface area contributed by atoms with E-state index >= 15 is 0 Å². The second-order valence-electron chi connectivity index (χ2n) is 7.72. The zero-order chi connectivity index (χ0) is 20.4. The van der Waals surface area contributed by atoms with Gasteiger partial charge in [-0.25, -0.2) is 0 Å². The monoisotopic (exact) mass is 432 g/mol. The van der Waals surface area contributed by atoms with Gasteiger partial charge in [0.2, 0.25) is 5.91 Å². The number of piperidine rings is 2. The molecular weight excluding hydrogens is 408 g/mol. The Hall–Kier alpha value is -2.05. The first-order chi connectivity index (χ1) is 14.1. The molecule has 5 nitrogen and oxygen atoms in total. The smallest absolute Gasteiger partial charge is 0.265 e. The summed E-state index contributed by atoms with van der Waals surface area (Å²) < 4.78 is 5.25. The van der Waals surface area contributed by atoms with Gasteiger partial charge in [-0.1, -0.05) is 23.7 Å². The minimum Gasteiger partial charge on any atom is -0.497 e. The molecule has 2 atom stereocenters. The maximum Gasteiger partial charge on any atom is 0.265 e. The predicted octanol–water partition coefficient (Wildman–Crippen LogP) is 4.11. The molecule has 0 aliphatic carbocycles. The van der Waals surface area contributed by atoms with Crippen molar-refractivity contribution in [2.75, 3.05) is 26.7 Å². The number of rotatable bonds is 4. The van der Waals surface area contributed by atoms with Crippen LogP contribution in [-0.2, 0) is 11.2 Å². The number of carbonyl (C=O) groups excluding carboxylic acids is 2. The SMILES string of the molecule is COc1cccc(CC(=O)N2CC[C@@H]3[C@H](CCCN3C(=O)c3sccc3Cl)C2)c1. The van der Waals surface area contributed by atoms with E-state index in [1.165, 1.54) is 11.3 Å². The summed E-state index contributed by atoms with van der Waals surface area (Å²) in [6.07, 6.45) is 3.22. The van der Waals surface area contributed by atoms with Crippen molar-refractivity contribution >= 4 is 34.8 Å². The van der Waals surface area contributed by atoms with Crippen molar-refractivity contribution in [3.63, 3.8) is 0 Å². The van der Waals surface area contributed by atoms with E-state index in [-0.39, 0.29) is 17.9 Å². The van der Waals surface area contributed by atoms with E-state index in [1.807, 2.05) is 39.4 Å². The number of carbonyl (C=O) groups is 2. The van der Waals surface area contributed by atoms with Crippen LogP contribution >= 0.6 is 22.9 Å². The van der Waals surface area contributed by atoms with E-state index < -0.39 is 0 Å². The molecular formula is C22H25ClN2O3S. The summed E-state index contributed by atoms with van der Waals surface area (Å²) in [5, 5.41) is 2.39. The lowest BCUT2D eigenvalue weighted by atomic mass is 9.83. The molecule has 0 bridgehead atoms. The molecule has 0 saturated carbocycles. The van der Waals surface area contributed by atoms with Crippen LogP contribution in [-0.4, -0.2) is 54.4 Å². The number of methoxy groups -OCH3 is 1. The summed E-state index contributed by atoms with van der Waals surface area (Å²) in [7, 11) is 1.63. The van der Waals surface area contributed by atoms with Crippen molar-refractivity contribution < 1.29 is 14.3 Å². The Morgan fingerprint density at radius 2 is 2.10 bits per heavy atom. The van der Waals surface area contributed by atoms with Gasteiger partial charge in [0.15, 0.2) is 0 Å². The van der Waals surface area contributed by atoms with Gasteiger partial charge in [0, 0.05) is 25.7 Å². The molecule has 1 aromatic carbocycles. The largest absolute Gasteiger partial charge is 0.497 e. The van der Waals surface area contributed by atoms with Crippen LogP contribution in [0.4, 0.5) is 0 Å². The van der Waals surface area contributed by atoms with E-state index in [0.29, 0.717) is 28.8 Å². The summed E-state index contributed by atoms with van der Waals surface area (Å²) in [4.78, 5) is 30.5. The molecule has 29 heavy (non-hydrogen) atoms. The highest BCUT2D eigenvalue weighted by Crippen LogP contribution is 2.34. The molecule has 4 rings (SSSR count). The number of likely N-dealkylation sites (tertiary alicyclic amines) is 2. The molecule has 0 spiro atoms. The van der Waals surface area contributed by atoms with Crippen molar-refractivity contribution in [3.8, 4) is 5.75 Å². The Bertz CT molecular complexity index is 900. The summed E-state index contributed by atoms with van der Waals surface area (Å²) in [5.41, 5.74) is 0.962. The van der Waals surface area contributed by atoms with Crippen molar-refractivity contribution in [1.29, 1.82) is 0 Å². The maximum absolute atomic E-state index is 13.0. The molecule has 2 aliphatic rings. The second-order valence-corrected chi connectivity index (χ2v) is 9.05. The van der Waals surface area contributed by atoms with E-state index in [9.17, 15) is 9.59 Å². The zero-order valence-corrected chi connectivity index (χ0v) is 18.0. The van der Waals surface area contributed by atoms with Crippen LogP contribution in [0.2, 0.25) is 5.02 Å². The lowest BCUT2D eigenvalue weighted by Gasteiger charge is -2.47. The van der Waals surface area contributed by atoms with Crippen LogP contribution in [0.1, 0.15) is 34.5 Å². The van der Waals surface area contributed by atoms with Gasteiger partial charge in [0.05, 0.1) is 18.6 Å². The fraction of sp³-hybridized carbons (Fsp3) is 0.455. The molecule has 2 saturated heterocycles. The lowest BCUT2D eigenvalue weighted by molar-refractivity contribution is -0.133. The van der Waals surface area contributed by atoms with Crippen LogP contribution in [0.15, 0.2) is 35.7 Å². The molecule has 1 aromatic heterocycles. The average molecular weight is 433 g/mol. The molecule has 3 heterocycles. The Morgan fingerprint density at radius 1 is 1.24 bits per heavy atom. The van der Waals surface area contributed by atoms with Gasteiger partial charge >= 0.3 is 0 Å². The molecule has 2 aromatic rings. The third-order valence-electron chi connectivity index (χ3n) is 5.98. The molecule has 2 amide bonds. The number of hydrogen-bond acceptors (Lipinski definition) is 4. The number of ether oxygens (including phenoxy) is 1. The molecule has 2 fully saturated rings. The van der Waals surface area contributed by atoms with Crippen LogP contribution in [0.25, 0.3) is 0 Å². The number of nitrogens with zero attached hydrogens (tertiary/aromatic N) is 2. The van der Waals surface area contributed by atoms with Crippen molar-refractivity contribution in [2.45, 2.75) is 31.7 Å². The summed E-state index contributed by atoms with van der Waals surface area (Å²) in [6, 6.07) is 9.63. The highest BCUT2D eigenvalue weighted by molar-refractivity contribution is 7.12. The Kier molecular flexibility index (Phi) is 6.11. The number of benzene rings is 1. The molecule has 154 valence electrons. The number of amides is 2. The average Bonchev–Trinajstić information content (AvgIpc) is 3.18. The normalized spacial score (nSPS) is 21.6. The van der Waals surface area contributed by atoms with Crippen molar-refractivity contribution in [2.24, 2.45) is 5.92 Å². The van der Waals surface area contributed by atoms with Gasteiger partial charge < -0.3 is 14.5 Å². The minimum absolute atomic E-state index is 0.0378. The first-order valence-electron chi connectivity index (χ1n) is 10.0. The Labute approximate surface area is 180 Å². The predicted molar refractivity (Wildman–Crippen MR) is 115 cm³/mol. The molecule has 2 aliphatic heterocycles. The van der Waals surface area contributed by atoms with Gasteiger partial charge in [-0.2, -0.15) is 0 Å². The maximum atomic E-state index is 13.0. The first-order valence-corrected chi connectivity index (χ1v) is 11.3. The van der Waals surface area contributed by atoms with E-state index in [4.69, 9.17) is 16.3 Å². The summed E-state index contributed by atoms with van der Waals surface area (Å²) in [6.45, 7) is 2.17. The van der Waals surface area contributed by atoms with Gasteiger partial charge in [0.25, 0.3) is 5.91 Å². The topological polar surface area (TPSA) is 49.9 Å². The number of hydrogen-bond donors (Lipinski definition) is 0. The molecule has 7 heteroatoms. The van der Waals surface area contributed by atoms with Crippen LogP contribution in [0.3, 0.4) is 0 Å². The number of thiophene rings is 1. The lowest BCUT2D eigenvalue weighted by Crippen LogP contribution is -2.56. The third-order valence-corrected chi connectivity index (χ3v) is 7.31.